The molecule has 1 saturated heterocycles. The number of thioether (sulfide) groups is 1. The molecule has 0 radical (unpaired) electrons. The van der Waals surface area contributed by atoms with Crippen LogP contribution in [0.15, 0.2) is 29.2 Å². The van der Waals surface area contributed by atoms with Gasteiger partial charge in [0, 0.05) is 10.4 Å². The number of likely N-dealkylation sites (N-methyl/N-ethyl adjacent to an activating group) is 1. The Bertz CT molecular complexity index is 783. The Balaban J connectivity index is 1.21. The summed E-state index contributed by atoms with van der Waals surface area (Å²) in [7, 11) is 2.17. The van der Waals surface area contributed by atoms with Gasteiger partial charge >= 0.3 is 0 Å². The van der Waals surface area contributed by atoms with Crippen molar-refractivity contribution in [1.29, 1.82) is 0 Å². The van der Waals surface area contributed by atoms with Crippen LogP contribution in [-0.2, 0) is 4.79 Å². The first-order valence-corrected chi connectivity index (χ1v) is 12.6. The number of nitrogens with zero attached hydrogens (tertiary/aromatic N) is 1. The minimum atomic E-state index is 0.0594. The molecule has 0 spiro atoms. The summed E-state index contributed by atoms with van der Waals surface area (Å²) in [6.07, 6.45) is 7.68. The largest absolute Gasteiger partial charge is 0.350 e. The predicted molar refractivity (Wildman–Crippen MR) is 119 cm³/mol. The molecule has 2 N–H and O–H groups in total. The zero-order valence-corrected chi connectivity index (χ0v) is 18.8. The SMILES string of the molecule is C[NH+]1CCN(C(=O)c2ccccc2SCC(=O)NC23CC4CC(CC(C4)C2)C3)CC1. The van der Waals surface area contributed by atoms with Crippen molar-refractivity contribution in [3.8, 4) is 0 Å². The van der Waals surface area contributed by atoms with Crippen molar-refractivity contribution in [2.45, 2.75) is 49.0 Å². The van der Waals surface area contributed by atoms with Crippen LogP contribution in [0.2, 0.25) is 0 Å². The molecule has 0 aromatic heterocycles. The average Bonchev–Trinajstić information content (AvgIpc) is 2.71. The van der Waals surface area contributed by atoms with Gasteiger partial charge < -0.3 is 15.1 Å². The highest BCUT2D eigenvalue weighted by atomic mass is 32.2. The molecule has 2 amide bonds. The second kappa shape index (κ2) is 8.19. The Kier molecular flexibility index (Phi) is 5.56. The molecular weight excluding hydrogens is 394 g/mol. The van der Waals surface area contributed by atoms with Gasteiger partial charge in [-0.05, 0) is 68.4 Å². The van der Waals surface area contributed by atoms with Crippen LogP contribution in [0.25, 0.3) is 0 Å². The van der Waals surface area contributed by atoms with E-state index < -0.39 is 0 Å². The van der Waals surface area contributed by atoms with Crippen molar-refractivity contribution in [3.05, 3.63) is 29.8 Å². The third-order valence-corrected chi connectivity index (χ3v) is 8.90. The van der Waals surface area contributed by atoms with Gasteiger partial charge in [-0.25, -0.2) is 0 Å². The fourth-order valence-corrected chi connectivity index (χ4v) is 7.61. The molecule has 5 aliphatic rings. The Morgan fingerprint density at radius 3 is 2.30 bits per heavy atom. The Labute approximate surface area is 183 Å². The monoisotopic (exact) mass is 428 g/mol. The van der Waals surface area contributed by atoms with Gasteiger partial charge in [-0.1, -0.05) is 12.1 Å². The standard InChI is InChI=1S/C24H33N3O2S/c1-26-6-8-27(9-7-26)23(29)20-4-2-3-5-21(20)30-16-22(28)25-24-13-17-10-18(14-24)12-19(11-17)15-24/h2-5,17-19H,6-16H2,1H3,(H,25,28)/p+1. The Morgan fingerprint density at radius 2 is 1.67 bits per heavy atom. The Morgan fingerprint density at radius 1 is 1.07 bits per heavy atom. The molecule has 1 heterocycles. The lowest BCUT2D eigenvalue weighted by atomic mass is 9.53. The van der Waals surface area contributed by atoms with Gasteiger partial charge in [0.2, 0.25) is 5.91 Å². The quantitative estimate of drug-likeness (QED) is 0.704. The van der Waals surface area contributed by atoms with E-state index in [2.05, 4.69) is 12.4 Å². The number of carbonyl (C=O) groups is 2. The fraction of sp³-hybridized carbons (Fsp3) is 0.667. The van der Waals surface area contributed by atoms with Crippen LogP contribution >= 0.6 is 11.8 Å². The number of hydrogen-bond acceptors (Lipinski definition) is 3. The molecule has 30 heavy (non-hydrogen) atoms. The molecule has 5 nitrogen and oxygen atoms in total. The molecular formula is C24H34N3O2S+. The Hall–Kier alpha value is -1.53. The first-order valence-electron chi connectivity index (χ1n) is 11.6. The molecule has 6 heteroatoms. The second-order valence-corrected chi connectivity index (χ2v) is 11.3. The summed E-state index contributed by atoms with van der Waals surface area (Å²) >= 11 is 1.51. The van der Waals surface area contributed by atoms with E-state index in [0.717, 1.165) is 54.4 Å². The molecule has 6 rings (SSSR count). The van der Waals surface area contributed by atoms with Crippen molar-refractivity contribution in [2.75, 3.05) is 39.0 Å². The van der Waals surface area contributed by atoms with E-state index in [4.69, 9.17) is 0 Å². The highest BCUT2D eigenvalue weighted by Gasteiger charge is 2.51. The van der Waals surface area contributed by atoms with Gasteiger partial charge in [0.15, 0.2) is 0 Å². The summed E-state index contributed by atoms with van der Waals surface area (Å²) in [5, 5.41) is 3.45. The number of piperazine rings is 1. The maximum atomic E-state index is 13.1. The number of hydrogen-bond donors (Lipinski definition) is 2. The van der Waals surface area contributed by atoms with Gasteiger partial charge in [0.05, 0.1) is 44.5 Å². The number of carbonyl (C=O) groups excluding carboxylic acids is 2. The topological polar surface area (TPSA) is 53.9 Å². The lowest BCUT2D eigenvalue weighted by Crippen LogP contribution is -3.12. The number of amides is 2. The summed E-state index contributed by atoms with van der Waals surface area (Å²) < 4.78 is 0. The lowest BCUT2D eigenvalue weighted by Gasteiger charge is -2.56. The van der Waals surface area contributed by atoms with E-state index in [1.54, 1.807) is 0 Å². The summed E-state index contributed by atoms with van der Waals surface area (Å²) in [5.74, 6) is 3.10. The molecule has 0 unspecified atom stereocenters. The van der Waals surface area contributed by atoms with Crippen molar-refractivity contribution in [2.24, 2.45) is 17.8 Å². The van der Waals surface area contributed by atoms with Crippen LogP contribution in [-0.4, -0.2) is 61.2 Å². The van der Waals surface area contributed by atoms with Crippen molar-refractivity contribution in [1.82, 2.24) is 10.2 Å². The van der Waals surface area contributed by atoms with Gasteiger partial charge in [0.1, 0.15) is 0 Å². The van der Waals surface area contributed by atoms with Crippen LogP contribution < -0.4 is 10.2 Å². The van der Waals surface area contributed by atoms with Crippen LogP contribution in [0.3, 0.4) is 0 Å². The van der Waals surface area contributed by atoms with Crippen molar-refractivity contribution >= 4 is 23.6 Å². The fourth-order valence-electron chi connectivity index (χ4n) is 6.77. The first-order chi connectivity index (χ1) is 14.5. The molecule has 1 aromatic rings. The maximum Gasteiger partial charge on any atom is 0.255 e. The number of benzene rings is 1. The summed E-state index contributed by atoms with van der Waals surface area (Å²) in [5.41, 5.74) is 0.800. The van der Waals surface area contributed by atoms with Crippen LogP contribution in [0.4, 0.5) is 0 Å². The third-order valence-electron chi connectivity index (χ3n) is 7.82. The molecule has 0 atom stereocenters. The molecule has 4 aliphatic carbocycles. The maximum absolute atomic E-state index is 13.1. The molecule has 1 aromatic carbocycles. The molecule has 4 bridgehead atoms. The summed E-state index contributed by atoms with van der Waals surface area (Å²) in [6, 6.07) is 7.78. The molecule has 4 saturated carbocycles. The summed E-state index contributed by atoms with van der Waals surface area (Å²) in [6.45, 7) is 3.59. The van der Waals surface area contributed by atoms with E-state index in [0.29, 0.717) is 5.75 Å². The van der Waals surface area contributed by atoms with Gasteiger partial charge in [-0.2, -0.15) is 0 Å². The zero-order chi connectivity index (χ0) is 20.7. The van der Waals surface area contributed by atoms with E-state index in [1.807, 2.05) is 29.2 Å². The minimum Gasteiger partial charge on any atom is -0.350 e. The third kappa shape index (κ3) is 4.13. The van der Waals surface area contributed by atoms with Crippen molar-refractivity contribution < 1.29 is 14.5 Å². The molecule has 1 aliphatic heterocycles. The normalized spacial score (nSPS) is 33.0. The smallest absolute Gasteiger partial charge is 0.255 e. The van der Waals surface area contributed by atoms with E-state index in [1.165, 1.54) is 55.2 Å². The predicted octanol–water partition coefficient (Wildman–Crippen LogP) is 1.83. The van der Waals surface area contributed by atoms with Gasteiger partial charge in [0.25, 0.3) is 5.91 Å². The number of quaternary nitrogens is 1. The van der Waals surface area contributed by atoms with Gasteiger partial charge in [-0.15, -0.1) is 11.8 Å². The second-order valence-electron chi connectivity index (χ2n) is 10.3. The van der Waals surface area contributed by atoms with Gasteiger partial charge in [-0.3, -0.25) is 9.59 Å². The average molecular weight is 429 g/mol. The lowest BCUT2D eigenvalue weighted by molar-refractivity contribution is -0.883. The minimum absolute atomic E-state index is 0.0594. The van der Waals surface area contributed by atoms with Crippen LogP contribution in [0, 0.1) is 17.8 Å². The van der Waals surface area contributed by atoms with Crippen LogP contribution in [0.5, 0.6) is 0 Å². The first kappa shape index (κ1) is 20.4. The van der Waals surface area contributed by atoms with E-state index >= 15 is 0 Å². The summed E-state index contributed by atoms with van der Waals surface area (Å²) in [4.78, 5) is 30.3. The van der Waals surface area contributed by atoms with Crippen molar-refractivity contribution in [3.63, 3.8) is 0 Å². The zero-order valence-electron chi connectivity index (χ0n) is 18.0. The highest BCUT2D eigenvalue weighted by molar-refractivity contribution is 8.00. The molecule has 5 fully saturated rings. The van der Waals surface area contributed by atoms with Crippen LogP contribution in [0.1, 0.15) is 48.9 Å². The van der Waals surface area contributed by atoms with E-state index in [9.17, 15) is 9.59 Å². The number of rotatable bonds is 5. The molecule has 162 valence electrons. The van der Waals surface area contributed by atoms with E-state index in [-0.39, 0.29) is 17.4 Å². The highest BCUT2D eigenvalue weighted by Crippen LogP contribution is 2.55. The number of nitrogens with one attached hydrogen (secondary N) is 2.